The van der Waals surface area contributed by atoms with Crippen molar-refractivity contribution in [1.29, 1.82) is 0 Å². The normalized spacial score (nSPS) is 14.0. The molecule has 1 heterocycles. The predicted molar refractivity (Wildman–Crippen MR) is 82.1 cm³/mol. The minimum atomic E-state index is -1.08. The molecule has 0 atom stereocenters. The number of amides is 2. The average Bonchev–Trinajstić information content (AvgIpc) is 2.79. The van der Waals surface area contributed by atoms with Crippen LogP contribution in [0, 0.1) is 0 Å². The standard InChI is InChI=1S/C15H17N3O5/c1-18(2)7-11-12(8-23-14(11)21)17-15(22)16-10-5-3-4-9(6-10)13(19)20/h3-6H,7-8H2,1-2H3,(H,19,20)(H2,16,17,22). The summed E-state index contributed by atoms with van der Waals surface area (Å²) in [4.78, 5) is 36.3. The molecular formula is C15H17N3O5. The Balaban J connectivity index is 2.07. The molecule has 2 amide bonds. The number of benzene rings is 1. The van der Waals surface area contributed by atoms with Crippen LogP contribution in [0.2, 0.25) is 0 Å². The van der Waals surface area contributed by atoms with Gasteiger partial charge in [-0.25, -0.2) is 14.4 Å². The van der Waals surface area contributed by atoms with Crippen LogP contribution in [0.15, 0.2) is 35.5 Å². The molecule has 0 aromatic heterocycles. The Kier molecular flexibility index (Phi) is 4.97. The minimum absolute atomic E-state index is 0.00456. The van der Waals surface area contributed by atoms with Crippen molar-refractivity contribution in [3.63, 3.8) is 0 Å². The number of hydrogen-bond donors (Lipinski definition) is 3. The van der Waals surface area contributed by atoms with Gasteiger partial charge in [-0.3, -0.25) is 0 Å². The summed E-state index contributed by atoms with van der Waals surface area (Å²) in [5.74, 6) is -1.54. The first-order valence-corrected chi connectivity index (χ1v) is 6.82. The van der Waals surface area contributed by atoms with E-state index < -0.39 is 18.0 Å². The molecule has 0 saturated carbocycles. The number of urea groups is 1. The van der Waals surface area contributed by atoms with Gasteiger partial charge in [-0.1, -0.05) is 6.07 Å². The van der Waals surface area contributed by atoms with Crippen LogP contribution in [0.3, 0.4) is 0 Å². The number of esters is 1. The Bertz CT molecular complexity index is 681. The zero-order valence-electron chi connectivity index (χ0n) is 12.8. The van der Waals surface area contributed by atoms with Crippen molar-refractivity contribution in [3.8, 4) is 0 Å². The second kappa shape index (κ2) is 6.93. The number of cyclic esters (lactones) is 1. The van der Waals surface area contributed by atoms with Crippen LogP contribution in [-0.4, -0.2) is 55.2 Å². The van der Waals surface area contributed by atoms with Crippen LogP contribution >= 0.6 is 0 Å². The number of carbonyl (C=O) groups excluding carboxylic acids is 2. The van der Waals surface area contributed by atoms with E-state index in [2.05, 4.69) is 10.6 Å². The van der Waals surface area contributed by atoms with Gasteiger partial charge in [0.05, 0.1) is 16.8 Å². The summed E-state index contributed by atoms with van der Waals surface area (Å²) >= 11 is 0. The molecule has 2 rings (SSSR count). The third-order valence-electron chi connectivity index (χ3n) is 3.06. The number of carboxylic acid groups (broad SMARTS) is 1. The molecule has 0 saturated heterocycles. The summed E-state index contributed by atoms with van der Waals surface area (Å²) in [6.45, 7) is 0.355. The fraction of sp³-hybridized carbons (Fsp3) is 0.267. The van der Waals surface area contributed by atoms with Gasteiger partial charge in [0.1, 0.15) is 6.61 Å². The third kappa shape index (κ3) is 4.30. The Morgan fingerprint density at radius 1 is 1.30 bits per heavy atom. The number of carboxylic acids is 1. The van der Waals surface area contributed by atoms with Crippen molar-refractivity contribution in [2.45, 2.75) is 0 Å². The lowest BCUT2D eigenvalue weighted by atomic mass is 10.2. The average molecular weight is 319 g/mol. The van der Waals surface area contributed by atoms with Gasteiger partial charge in [-0.05, 0) is 32.3 Å². The van der Waals surface area contributed by atoms with Crippen LogP contribution in [0.4, 0.5) is 10.5 Å². The van der Waals surface area contributed by atoms with E-state index in [1.165, 1.54) is 18.2 Å². The highest BCUT2D eigenvalue weighted by Crippen LogP contribution is 2.15. The Hall–Kier alpha value is -2.87. The number of hydrogen-bond acceptors (Lipinski definition) is 5. The molecule has 1 aromatic rings. The van der Waals surface area contributed by atoms with E-state index in [4.69, 9.17) is 9.84 Å². The Morgan fingerprint density at radius 3 is 2.70 bits per heavy atom. The molecule has 0 spiro atoms. The maximum atomic E-state index is 12.0. The number of ether oxygens (including phenoxy) is 1. The number of anilines is 1. The van der Waals surface area contributed by atoms with Crippen LogP contribution < -0.4 is 10.6 Å². The molecule has 0 fully saturated rings. The van der Waals surface area contributed by atoms with Gasteiger partial charge in [-0.2, -0.15) is 0 Å². The molecule has 1 aliphatic rings. The van der Waals surface area contributed by atoms with E-state index in [0.29, 0.717) is 23.5 Å². The number of aromatic carboxylic acids is 1. The zero-order valence-corrected chi connectivity index (χ0v) is 12.8. The van der Waals surface area contributed by atoms with Crippen molar-refractivity contribution in [1.82, 2.24) is 10.2 Å². The van der Waals surface area contributed by atoms with Gasteiger partial charge >= 0.3 is 18.0 Å². The summed E-state index contributed by atoms with van der Waals surface area (Å²) in [5.41, 5.74) is 1.19. The number of carbonyl (C=O) groups is 3. The van der Waals surface area contributed by atoms with E-state index in [1.807, 2.05) is 0 Å². The lowest BCUT2D eigenvalue weighted by Crippen LogP contribution is -2.30. The monoisotopic (exact) mass is 319 g/mol. The van der Waals surface area contributed by atoms with Crippen LogP contribution in [0.1, 0.15) is 10.4 Å². The van der Waals surface area contributed by atoms with Crippen molar-refractivity contribution in [3.05, 3.63) is 41.1 Å². The van der Waals surface area contributed by atoms with Gasteiger partial charge in [0, 0.05) is 12.2 Å². The highest BCUT2D eigenvalue weighted by Gasteiger charge is 2.26. The van der Waals surface area contributed by atoms with Crippen molar-refractivity contribution in [2.75, 3.05) is 32.6 Å². The first-order valence-electron chi connectivity index (χ1n) is 6.82. The second-order valence-electron chi connectivity index (χ2n) is 5.24. The molecule has 0 bridgehead atoms. The fourth-order valence-corrected chi connectivity index (χ4v) is 2.05. The van der Waals surface area contributed by atoms with E-state index in [-0.39, 0.29) is 12.2 Å². The maximum absolute atomic E-state index is 12.0. The first kappa shape index (κ1) is 16.5. The fourth-order valence-electron chi connectivity index (χ4n) is 2.05. The quantitative estimate of drug-likeness (QED) is 0.695. The van der Waals surface area contributed by atoms with Crippen LogP contribution in [0.25, 0.3) is 0 Å². The lowest BCUT2D eigenvalue weighted by Gasteiger charge is -2.11. The molecule has 0 aliphatic carbocycles. The van der Waals surface area contributed by atoms with Crippen molar-refractivity contribution in [2.24, 2.45) is 0 Å². The third-order valence-corrected chi connectivity index (χ3v) is 3.06. The number of nitrogens with one attached hydrogen (secondary N) is 2. The largest absolute Gasteiger partial charge is 0.478 e. The molecule has 3 N–H and O–H groups in total. The number of rotatable bonds is 5. The minimum Gasteiger partial charge on any atom is -0.478 e. The summed E-state index contributed by atoms with van der Waals surface area (Å²) in [6.07, 6.45) is 0. The first-order chi connectivity index (χ1) is 10.9. The predicted octanol–water partition coefficient (Wildman–Crippen LogP) is 0.879. The molecule has 0 radical (unpaired) electrons. The van der Waals surface area contributed by atoms with Crippen molar-refractivity contribution >= 4 is 23.7 Å². The van der Waals surface area contributed by atoms with Crippen LogP contribution in [0.5, 0.6) is 0 Å². The zero-order chi connectivity index (χ0) is 17.0. The maximum Gasteiger partial charge on any atom is 0.337 e. The van der Waals surface area contributed by atoms with E-state index in [1.54, 1.807) is 25.1 Å². The summed E-state index contributed by atoms with van der Waals surface area (Å²) in [7, 11) is 3.60. The SMILES string of the molecule is CN(C)CC1=C(NC(=O)Nc2cccc(C(=O)O)c2)COC1=O. The van der Waals surface area contributed by atoms with Gasteiger partial charge in [0.25, 0.3) is 0 Å². The van der Waals surface area contributed by atoms with Gasteiger partial charge < -0.3 is 25.4 Å². The summed E-state index contributed by atoms with van der Waals surface area (Å²) in [6, 6.07) is 5.28. The van der Waals surface area contributed by atoms with Gasteiger partial charge in [0.2, 0.25) is 0 Å². The lowest BCUT2D eigenvalue weighted by molar-refractivity contribution is -0.136. The molecular weight excluding hydrogens is 302 g/mol. The highest BCUT2D eigenvalue weighted by atomic mass is 16.5. The van der Waals surface area contributed by atoms with Gasteiger partial charge in [0.15, 0.2) is 0 Å². The molecule has 23 heavy (non-hydrogen) atoms. The van der Waals surface area contributed by atoms with Gasteiger partial charge in [-0.15, -0.1) is 0 Å². The highest BCUT2D eigenvalue weighted by molar-refractivity contribution is 5.96. The Morgan fingerprint density at radius 2 is 2.04 bits per heavy atom. The van der Waals surface area contributed by atoms with Crippen molar-refractivity contribution < 1.29 is 24.2 Å². The molecule has 1 aromatic carbocycles. The van der Waals surface area contributed by atoms with E-state index >= 15 is 0 Å². The van der Waals surface area contributed by atoms with E-state index in [0.717, 1.165) is 0 Å². The van der Waals surface area contributed by atoms with E-state index in [9.17, 15) is 14.4 Å². The number of likely N-dealkylation sites (N-methyl/N-ethyl adjacent to an activating group) is 1. The second-order valence-corrected chi connectivity index (χ2v) is 5.24. The molecule has 1 aliphatic heterocycles. The molecule has 122 valence electrons. The van der Waals surface area contributed by atoms with Crippen LogP contribution in [-0.2, 0) is 9.53 Å². The Labute approximate surface area is 132 Å². The summed E-state index contributed by atoms with van der Waals surface area (Å²) in [5, 5.41) is 14.0. The summed E-state index contributed by atoms with van der Waals surface area (Å²) < 4.78 is 4.92. The molecule has 8 heteroatoms. The number of nitrogens with zero attached hydrogens (tertiary/aromatic N) is 1. The molecule has 0 unspecified atom stereocenters. The smallest absolute Gasteiger partial charge is 0.337 e. The topological polar surface area (TPSA) is 108 Å². The molecule has 8 nitrogen and oxygen atoms in total.